The smallest absolute Gasteiger partial charge is 0.140 e. The van der Waals surface area contributed by atoms with Crippen LogP contribution in [0.4, 0.5) is 5.82 Å². The van der Waals surface area contributed by atoms with Gasteiger partial charge in [0, 0.05) is 29.5 Å². The van der Waals surface area contributed by atoms with Gasteiger partial charge >= 0.3 is 0 Å². The zero-order chi connectivity index (χ0) is 12.5. The molecule has 1 fully saturated rings. The topological polar surface area (TPSA) is 37.8 Å². The van der Waals surface area contributed by atoms with Crippen molar-refractivity contribution in [3.8, 4) is 0 Å². The molecule has 0 amide bonds. The molecule has 1 aliphatic rings. The number of hydrogen-bond donors (Lipinski definition) is 1. The number of nitrogens with one attached hydrogen (secondary N) is 1. The third-order valence-corrected chi connectivity index (χ3v) is 3.95. The Morgan fingerprint density at radius 1 is 1.35 bits per heavy atom. The molecule has 17 heavy (non-hydrogen) atoms. The number of nitrogens with zero attached hydrogens (tertiary/aromatic N) is 2. The normalized spacial score (nSPS) is 16.0. The van der Waals surface area contributed by atoms with Gasteiger partial charge in [0.1, 0.15) is 11.6 Å². The van der Waals surface area contributed by atoms with Crippen LogP contribution in [0.1, 0.15) is 51.0 Å². The Balaban J connectivity index is 2.12. The van der Waals surface area contributed by atoms with Crippen molar-refractivity contribution in [2.75, 3.05) is 12.4 Å². The Morgan fingerprint density at radius 2 is 2.06 bits per heavy atom. The summed E-state index contributed by atoms with van der Waals surface area (Å²) in [7, 11) is 1.92. The van der Waals surface area contributed by atoms with E-state index in [0.717, 1.165) is 17.4 Å². The van der Waals surface area contributed by atoms with E-state index in [0.29, 0.717) is 5.92 Å². The van der Waals surface area contributed by atoms with Gasteiger partial charge in [0.05, 0.1) is 5.75 Å². The Labute approximate surface area is 108 Å². The summed E-state index contributed by atoms with van der Waals surface area (Å²) in [6.45, 7) is 6.67. The van der Waals surface area contributed by atoms with Gasteiger partial charge in [-0.25, -0.2) is 9.97 Å². The molecule has 2 rings (SSSR count). The standard InChI is InChI=1S/C13H21N3S/c1-13(2,3)17-8-12-15-10(9-5-6-9)7-11(14-4)16-12/h7,9H,5-6,8H2,1-4H3,(H,14,15,16). The maximum Gasteiger partial charge on any atom is 0.140 e. The van der Waals surface area contributed by atoms with Crippen molar-refractivity contribution < 1.29 is 0 Å². The number of hydrogen-bond acceptors (Lipinski definition) is 4. The fraction of sp³-hybridized carbons (Fsp3) is 0.692. The second kappa shape index (κ2) is 4.84. The molecule has 0 radical (unpaired) electrons. The lowest BCUT2D eigenvalue weighted by atomic mass is 10.2. The van der Waals surface area contributed by atoms with E-state index in [1.54, 1.807) is 0 Å². The summed E-state index contributed by atoms with van der Waals surface area (Å²) >= 11 is 1.89. The molecule has 3 nitrogen and oxygen atoms in total. The molecule has 0 aromatic carbocycles. The first-order valence-corrected chi connectivity index (χ1v) is 7.16. The number of anilines is 1. The quantitative estimate of drug-likeness (QED) is 0.889. The molecule has 0 aliphatic heterocycles. The molecule has 4 heteroatoms. The number of aromatic nitrogens is 2. The number of rotatable bonds is 4. The molecular weight excluding hydrogens is 230 g/mol. The van der Waals surface area contributed by atoms with Crippen LogP contribution in [0.2, 0.25) is 0 Å². The zero-order valence-corrected chi connectivity index (χ0v) is 11.9. The monoisotopic (exact) mass is 251 g/mol. The third kappa shape index (κ3) is 3.87. The third-order valence-electron chi connectivity index (χ3n) is 2.68. The van der Waals surface area contributed by atoms with E-state index in [1.807, 2.05) is 18.8 Å². The molecule has 94 valence electrons. The van der Waals surface area contributed by atoms with Crippen LogP contribution < -0.4 is 5.32 Å². The molecule has 0 saturated heterocycles. The molecule has 0 atom stereocenters. The molecule has 1 aliphatic carbocycles. The van der Waals surface area contributed by atoms with Crippen molar-refractivity contribution in [3.63, 3.8) is 0 Å². The highest BCUT2D eigenvalue weighted by Gasteiger charge is 2.26. The first-order chi connectivity index (χ1) is 7.98. The molecule has 0 unspecified atom stereocenters. The van der Waals surface area contributed by atoms with Gasteiger partial charge in [-0.2, -0.15) is 0 Å². The largest absolute Gasteiger partial charge is 0.373 e. The Morgan fingerprint density at radius 3 is 2.59 bits per heavy atom. The SMILES string of the molecule is CNc1cc(C2CC2)nc(CSC(C)(C)C)n1. The van der Waals surface area contributed by atoms with Crippen molar-refractivity contribution in [2.45, 2.75) is 50.0 Å². The van der Waals surface area contributed by atoms with Crippen LogP contribution in [-0.2, 0) is 5.75 Å². The second-order valence-electron chi connectivity index (χ2n) is 5.52. The average molecular weight is 251 g/mol. The molecular formula is C13H21N3S. The van der Waals surface area contributed by atoms with Crippen molar-refractivity contribution >= 4 is 17.6 Å². The van der Waals surface area contributed by atoms with Gasteiger partial charge in [-0.15, -0.1) is 11.8 Å². The summed E-state index contributed by atoms with van der Waals surface area (Å²) in [5.41, 5.74) is 1.22. The molecule has 1 saturated carbocycles. The molecule has 1 heterocycles. The van der Waals surface area contributed by atoms with Gasteiger partial charge in [-0.3, -0.25) is 0 Å². The summed E-state index contributed by atoms with van der Waals surface area (Å²) in [4.78, 5) is 9.20. The summed E-state index contributed by atoms with van der Waals surface area (Å²) in [6, 6.07) is 2.09. The molecule has 0 bridgehead atoms. The molecule has 1 aromatic rings. The maximum atomic E-state index is 4.67. The summed E-state index contributed by atoms with van der Waals surface area (Å²) in [5.74, 6) is 3.48. The maximum absolute atomic E-state index is 4.67. The Kier molecular flexibility index (Phi) is 3.61. The lowest BCUT2D eigenvalue weighted by Gasteiger charge is -2.17. The highest BCUT2D eigenvalue weighted by Crippen LogP contribution is 2.39. The first kappa shape index (κ1) is 12.7. The first-order valence-electron chi connectivity index (χ1n) is 6.17. The van der Waals surface area contributed by atoms with Crippen molar-refractivity contribution in [1.29, 1.82) is 0 Å². The fourth-order valence-corrected chi connectivity index (χ4v) is 2.27. The second-order valence-corrected chi connectivity index (χ2v) is 7.32. The predicted octanol–water partition coefficient (Wildman–Crippen LogP) is 3.43. The average Bonchev–Trinajstić information content (AvgIpc) is 3.08. The summed E-state index contributed by atoms with van der Waals surface area (Å²) < 4.78 is 0.263. The fourth-order valence-electron chi connectivity index (χ4n) is 1.58. The van der Waals surface area contributed by atoms with Gasteiger partial charge in [-0.1, -0.05) is 20.8 Å². The predicted molar refractivity (Wildman–Crippen MR) is 74.6 cm³/mol. The molecule has 0 spiro atoms. The minimum absolute atomic E-state index is 0.263. The van der Waals surface area contributed by atoms with Crippen molar-refractivity contribution in [3.05, 3.63) is 17.6 Å². The molecule has 1 aromatic heterocycles. The summed E-state index contributed by atoms with van der Waals surface area (Å²) in [5, 5.41) is 3.13. The van der Waals surface area contributed by atoms with Crippen LogP contribution >= 0.6 is 11.8 Å². The van der Waals surface area contributed by atoms with Crippen LogP contribution in [-0.4, -0.2) is 21.8 Å². The van der Waals surface area contributed by atoms with Crippen LogP contribution in [0, 0.1) is 0 Å². The van der Waals surface area contributed by atoms with E-state index in [-0.39, 0.29) is 4.75 Å². The van der Waals surface area contributed by atoms with Crippen molar-refractivity contribution in [1.82, 2.24) is 9.97 Å². The van der Waals surface area contributed by atoms with Gasteiger partial charge in [0.25, 0.3) is 0 Å². The minimum Gasteiger partial charge on any atom is -0.373 e. The molecule has 1 N–H and O–H groups in total. The zero-order valence-electron chi connectivity index (χ0n) is 11.1. The van der Waals surface area contributed by atoms with E-state index in [1.165, 1.54) is 18.5 Å². The number of thioether (sulfide) groups is 1. The lowest BCUT2D eigenvalue weighted by Crippen LogP contribution is -2.09. The van der Waals surface area contributed by atoms with Crippen LogP contribution in [0.25, 0.3) is 0 Å². The van der Waals surface area contributed by atoms with Crippen LogP contribution in [0.15, 0.2) is 6.07 Å². The van der Waals surface area contributed by atoms with E-state index >= 15 is 0 Å². The van der Waals surface area contributed by atoms with Crippen LogP contribution in [0.5, 0.6) is 0 Å². The van der Waals surface area contributed by atoms with Gasteiger partial charge in [0.2, 0.25) is 0 Å². The Hall–Kier alpha value is -0.770. The Bertz CT molecular complexity index is 394. The van der Waals surface area contributed by atoms with Gasteiger partial charge in [-0.05, 0) is 12.8 Å². The highest BCUT2D eigenvalue weighted by atomic mass is 32.2. The summed E-state index contributed by atoms with van der Waals surface area (Å²) in [6.07, 6.45) is 2.57. The van der Waals surface area contributed by atoms with E-state index in [2.05, 4.69) is 42.1 Å². The van der Waals surface area contributed by atoms with Crippen molar-refractivity contribution in [2.24, 2.45) is 0 Å². The van der Waals surface area contributed by atoms with E-state index in [9.17, 15) is 0 Å². The van der Waals surface area contributed by atoms with Gasteiger partial charge in [0.15, 0.2) is 0 Å². The minimum atomic E-state index is 0.263. The van der Waals surface area contributed by atoms with E-state index in [4.69, 9.17) is 0 Å². The lowest BCUT2D eigenvalue weighted by molar-refractivity contribution is 0.799. The highest BCUT2D eigenvalue weighted by molar-refractivity contribution is 7.99. The van der Waals surface area contributed by atoms with Gasteiger partial charge < -0.3 is 5.32 Å². The van der Waals surface area contributed by atoms with Crippen LogP contribution in [0.3, 0.4) is 0 Å². The van der Waals surface area contributed by atoms with E-state index < -0.39 is 0 Å².